The maximum Gasteiger partial charge on any atom is 0.0753 e. The normalized spacial score (nSPS) is 16.6. The molecule has 3 aromatic carbocycles. The van der Waals surface area contributed by atoms with E-state index in [-0.39, 0.29) is 16.2 Å². The molecule has 0 radical (unpaired) electrons. The largest absolute Gasteiger partial charge is 0.247 e. The van der Waals surface area contributed by atoms with Crippen LogP contribution in [0.2, 0.25) is 0 Å². The highest BCUT2D eigenvalue weighted by Crippen LogP contribution is 2.57. The second kappa shape index (κ2) is 6.92. The lowest BCUT2D eigenvalue weighted by molar-refractivity contribution is 0.292. The summed E-state index contributed by atoms with van der Waals surface area (Å²) in [5.41, 5.74) is 10.8. The quantitative estimate of drug-likeness (QED) is 0.291. The van der Waals surface area contributed by atoms with Crippen molar-refractivity contribution < 1.29 is 0 Å². The zero-order chi connectivity index (χ0) is 23.9. The molecule has 0 saturated carbocycles. The number of hydrogen-bond acceptors (Lipinski definition) is 1. The van der Waals surface area contributed by atoms with Crippen molar-refractivity contribution in [3.05, 3.63) is 76.3 Å². The maximum absolute atomic E-state index is 5.37. The van der Waals surface area contributed by atoms with Gasteiger partial charge in [0.05, 0.1) is 11.2 Å². The summed E-state index contributed by atoms with van der Waals surface area (Å²) >= 11 is 0. The molecule has 1 nitrogen and oxygen atoms in total. The second-order valence-corrected chi connectivity index (χ2v) is 12.5. The minimum absolute atomic E-state index is 0.0336. The molecule has 0 spiro atoms. The number of pyridine rings is 1. The van der Waals surface area contributed by atoms with Gasteiger partial charge < -0.3 is 0 Å². The standard InChI is InChI=1S/C32H37N/c1-19-14-15-21-17-24-27(20(2)23(21)16-19)31(6,7)32(8,9)28-25(18-30(3,4)5)22-12-10-11-13-26(22)33-29(24)28/h10-17H,18H2,1-9H3. The van der Waals surface area contributed by atoms with E-state index in [4.69, 9.17) is 4.98 Å². The number of para-hydroxylation sites is 1. The average molecular weight is 436 g/mol. The predicted octanol–water partition coefficient (Wildman–Crippen LogP) is 8.83. The Balaban J connectivity index is 2.00. The molecule has 170 valence electrons. The highest BCUT2D eigenvalue weighted by Gasteiger charge is 2.49. The second-order valence-electron chi connectivity index (χ2n) is 12.5. The van der Waals surface area contributed by atoms with Crippen molar-refractivity contribution in [3.8, 4) is 11.3 Å². The molecule has 0 N–H and O–H groups in total. The Morgan fingerprint density at radius 1 is 0.788 bits per heavy atom. The van der Waals surface area contributed by atoms with E-state index in [2.05, 4.69) is 111 Å². The van der Waals surface area contributed by atoms with Crippen LogP contribution >= 0.6 is 0 Å². The molecule has 1 aliphatic carbocycles. The van der Waals surface area contributed by atoms with Crippen molar-refractivity contribution >= 4 is 21.7 Å². The number of fused-ring (bicyclic) bond motifs is 5. The van der Waals surface area contributed by atoms with E-state index in [1.807, 2.05) is 0 Å². The Kier molecular flexibility index (Phi) is 4.64. The molecule has 1 heterocycles. The van der Waals surface area contributed by atoms with E-state index in [1.54, 1.807) is 0 Å². The molecule has 0 aliphatic heterocycles. The van der Waals surface area contributed by atoms with Crippen LogP contribution in [0, 0.1) is 19.3 Å². The zero-order valence-corrected chi connectivity index (χ0v) is 21.8. The van der Waals surface area contributed by atoms with Crippen molar-refractivity contribution in [2.45, 2.75) is 79.6 Å². The molecule has 33 heavy (non-hydrogen) atoms. The first-order chi connectivity index (χ1) is 15.3. The van der Waals surface area contributed by atoms with E-state index in [0.717, 1.165) is 11.9 Å². The van der Waals surface area contributed by atoms with Gasteiger partial charge in [0.2, 0.25) is 0 Å². The molecule has 0 unspecified atom stereocenters. The molecule has 0 saturated heterocycles. The number of aryl methyl sites for hydroxylation is 2. The minimum Gasteiger partial charge on any atom is -0.247 e. The lowest BCUT2D eigenvalue weighted by Gasteiger charge is -2.50. The molecular formula is C32H37N. The molecule has 1 aliphatic rings. The van der Waals surface area contributed by atoms with E-state index >= 15 is 0 Å². The van der Waals surface area contributed by atoms with Crippen LogP contribution in [-0.4, -0.2) is 4.98 Å². The smallest absolute Gasteiger partial charge is 0.0753 e. The number of hydrogen-bond donors (Lipinski definition) is 0. The summed E-state index contributed by atoms with van der Waals surface area (Å²) in [5.74, 6) is 0. The summed E-state index contributed by atoms with van der Waals surface area (Å²) in [6.07, 6.45) is 1.04. The van der Waals surface area contributed by atoms with Crippen molar-refractivity contribution in [1.29, 1.82) is 0 Å². The lowest BCUT2D eigenvalue weighted by Crippen LogP contribution is -2.45. The third-order valence-electron chi connectivity index (χ3n) is 8.33. The summed E-state index contributed by atoms with van der Waals surface area (Å²) in [6.45, 7) is 21.3. The van der Waals surface area contributed by atoms with E-state index in [1.165, 1.54) is 55.2 Å². The fourth-order valence-electron chi connectivity index (χ4n) is 6.16. The Bertz CT molecular complexity index is 1430. The third-order valence-corrected chi connectivity index (χ3v) is 8.33. The summed E-state index contributed by atoms with van der Waals surface area (Å²) < 4.78 is 0. The van der Waals surface area contributed by atoms with Crippen molar-refractivity contribution in [3.63, 3.8) is 0 Å². The van der Waals surface area contributed by atoms with Gasteiger partial charge >= 0.3 is 0 Å². The number of rotatable bonds is 1. The van der Waals surface area contributed by atoms with Crippen LogP contribution in [0.3, 0.4) is 0 Å². The molecule has 1 aromatic heterocycles. The Hall–Kier alpha value is -2.67. The van der Waals surface area contributed by atoms with Gasteiger partial charge in [0.15, 0.2) is 0 Å². The van der Waals surface area contributed by atoms with Crippen LogP contribution < -0.4 is 0 Å². The highest BCUT2D eigenvalue weighted by atomic mass is 14.7. The van der Waals surface area contributed by atoms with Crippen LogP contribution in [0.5, 0.6) is 0 Å². The minimum atomic E-state index is -0.0603. The van der Waals surface area contributed by atoms with Crippen molar-refractivity contribution in [1.82, 2.24) is 4.98 Å². The monoisotopic (exact) mass is 435 g/mol. The topological polar surface area (TPSA) is 12.9 Å². The van der Waals surface area contributed by atoms with Gasteiger partial charge in [-0.05, 0) is 76.3 Å². The molecule has 0 bridgehead atoms. The third kappa shape index (κ3) is 3.15. The van der Waals surface area contributed by atoms with Gasteiger partial charge in [0.25, 0.3) is 0 Å². The predicted molar refractivity (Wildman–Crippen MR) is 143 cm³/mol. The maximum atomic E-state index is 5.37. The Morgan fingerprint density at radius 3 is 2.15 bits per heavy atom. The van der Waals surface area contributed by atoms with Gasteiger partial charge in [-0.1, -0.05) is 90.4 Å². The number of nitrogens with zero attached hydrogens (tertiary/aromatic N) is 1. The molecular weight excluding hydrogens is 398 g/mol. The fourth-order valence-corrected chi connectivity index (χ4v) is 6.16. The fraction of sp³-hybridized carbons (Fsp3) is 0.406. The molecule has 4 aromatic rings. The van der Waals surface area contributed by atoms with Gasteiger partial charge in [0, 0.05) is 16.4 Å². The lowest BCUT2D eigenvalue weighted by atomic mass is 9.54. The van der Waals surface area contributed by atoms with Crippen LogP contribution in [0.4, 0.5) is 0 Å². The Labute approximate surface area is 199 Å². The average Bonchev–Trinajstić information content (AvgIpc) is 2.71. The molecule has 0 fully saturated rings. The number of benzene rings is 3. The summed E-state index contributed by atoms with van der Waals surface area (Å²) in [5, 5.41) is 3.99. The van der Waals surface area contributed by atoms with Gasteiger partial charge in [-0.25, -0.2) is 4.98 Å². The first-order valence-electron chi connectivity index (χ1n) is 12.3. The SMILES string of the molecule is Cc1ccc2cc3c(c(C)c2c1)C(C)(C)C(C)(C)c1c-3nc2ccccc2c1CC(C)(C)C. The Morgan fingerprint density at radius 2 is 1.45 bits per heavy atom. The van der Waals surface area contributed by atoms with Crippen LogP contribution in [0.25, 0.3) is 32.9 Å². The van der Waals surface area contributed by atoms with Crippen LogP contribution in [-0.2, 0) is 17.3 Å². The molecule has 1 heteroatoms. The van der Waals surface area contributed by atoms with Crippen molar-refractivity contribution in [2.75, 3.05) is 0 Å². The van der Waals surface area contributed by atoms with Gasteiger partial charge in [-0.15, -0.1) is 0 Å². The van der Waals surface area contributed by atoms with Crippen molar-refractivity contribution in [2.24, 2.45) is 5.41 Å². The van der Waals surface area contributed by atoms with Crippen LogP contribution in [0.1, 0.15) is 76.3 Å². The van der Waals surface area contributed by atoms with E-state index in [0.29, 0.717) is 0 Å². The van der Waals surface area contributed by atoms with Gasteiger partial charge in [0.1, 0.15) is 0 Å². The zero-order valence-electron chi connectivity index (χ0n) is 21.8. The molecule has 0 amide bonds. The van der Waals surface area contributed by atoms with Gasteiger partial charge in [-0.2, -0.15) is 0 Å². The first-order valence-corrected chi connectivity index (χ1v) is 12.3. The van der Waals surface area contributed by atoms with E-state index < -0.39 is 0 Å². The summed E-state index contributed by atoms with van der Waals surface area (Å²) in [4.78, 5) is 5.37. The van der Waals surface area contributed by atoms with Crippen LogP contribution in [0.15, 0.2) is 48.5 Å². The van der Waals surface area contributed by atoms with E-state index in [9.17, 15) is 0 Å². The summed E-state index contributed by atoms with van der Waals surface area (Å²) in [7, 11) is 0. The van der Waals surface area contributed by atoms with Gasteiger partial charge in [-0.3, -0.25) is 0 Å². The molecule has 5 rings (SSSR count). The molecule has 0 atom stereocenters. The summed E-state index contributed by atoms with van der Waals surface area (Å²) in [6, 6.07) is 18.0. The number of aromatic nitrogens is 1. The highest BCUT2D eigenvalue weighted by molar-refractivity contribution is 5.97. The first kappa shape index (κ1) is 22.1.